The zero-order chi connectivity index (χ0) is 17.0. The van der Waals surface area contributed by atoms with Gasteiger partial charge in [0.2, 0.25) is 0 Å². The van der Waals surface area contributed by atoms with Crippen LogP contribution in [0.25, 0.3) is 0 Å². The van der Waals surface area contributed by atoms with Crippen molar-refractivity contribution in [2.75, 3.05) is 14.2 Å². The first kappa shape index (κ1) is 21.7. The van der Waals surface area contributed by atoms with E-state index in [-0.39, 0.29) is 0 Å². The molecule has 0 rings (SSSR count). The lowest BCUT2D eigenvalue weighted by Gasteiger charge is -2.25. The molecule has 0 bridgehead atoms. The molecule has 0 fully saturated rings. The summed E-state index contributed by atoms with van der Waals surface area (Å²) in [6.07, 6.45) is 12.3. The summed E-state index contributed by atoms with van der Waals surface area (Å²) < 4.78 is 10.8. The van der Waals surface area contributed by atoms with Crippen molar-refractivity contribution in [3.05, 3.63) is 11.6 Å². The van der Waals surface area contributed by atoms with Gasteiger partial charge >= 0.3 is 0 Å². The van der Waals surface area contributed by atoms with Crippen LogP contribution in [0.5, 0.6) is 0 Å². The Balaban J connectivity index is 3.79. The molecule has 132 valence electrons. The first-order chi connectivity index (χ1) is 10.3. The smallest absolute Gasteiger partial charge is 0.165 e. The zero-order valence-corrected chi connectivity index (χ0v) is 16.2. The Morgan fingerprint density at radius 2 is 1.59 bits per heavy atom. The minimum atomic E-state index is -0.443. The van der Waals surface area contributed by atoms with E-state index in [1.165, 1.54) is 44.1 Å². The highest BCUT2D eigenvalue weighted by molar-refractivity contribution is 4.98. The van der Waals surface area contributed by atoms with Crippen LogP contribution in [-0.2, 0) is 9.47 Å². The maximum Gasteiger partial charge on any atom is 0.165 e. The summed E-state index contributed by atoms with van der Waals surface area (Å²) in [6.45, 7) is 11.3. The molecule has 0 N–H and O–H groups in total. The predicted molar refractivity (Wildman–Crippen MR) is 97.1 cm³/mol. The summed E-state index contributed by atoms with van der Waals surface area (Å²) in [5, 5.41) is 0. The first-order valence-electron chi connectivity index (χ1n) is 9.09. The Morgan fingerprint density at radius 1 is 1.00 bits per heavy atom. The molecule has 0 aromatic heterocycles. The highest BCUT2D eigenvalue weighted by atomic mass is 16.7. The number of rotatable bonds is 13. The maximum absolute atomic E-state index is 5.38. The van der Waals surface area contributed by atoms with Crippen molar-refractivity contribution in [1.29, 1.82) is 0 Å². The van der Waals surface area contributed by atoms with Crippen molar-refractivity contribution in [1.82, 2.24) is 0 Å². The van der Waals surface area contributed by atoms with Crippen LogP contribution in [0.3, 0.4) is 0 Å². The fraction of sp³-hybridized carbons (Fsp3) is 0.900. The van der Waals surface area contributed by atoms with Gasteiger partial charge in [-0.3, -0.25) is 0 Å². The average Bonchev–Trinajstić information content (AvgIpc) is 2.46. The van der Waals surface area contributed by atoms with Crippen LogP contribution in [-0.4, -0.2) is 20.0 Å². The van der Waals surface area contributed by atoms with Gasteiger partial charge in [0.15, 0.2) is 5.79 Å². The number of hydrogen-bond donors (Lipinski definition) is 0. The second kappa shape index (κ2) is 12.1. The molecular weight excluding hydrogens is 272 g/mol. The summed E-state index contributed by atoms with van der Waals surface area (Å²) in [7, 11) is 3.42. The van der Waals surface area contributed by atoms with Gasteiger partial charge in [-0.25, -0.2) is 0 Å². The summed E-state index contributed by atoms with van der Waals surface area (Å²) >= 11 is 0. The molecule has 0 saturated heterocycles. The van der Waals surface area contributed by atoms with Crippen LogP contribution in [0.15, 0.2) is 11.6 Å². The van der Waals surface area contributed by atoms with E-state index in [1.807, 2.05) is 6.92 Å². The molecule has 0 aliphatic rings. The third-order valence-corrected chi connectivity index (χ3v) is 4.70. The second-order valence-electron chi connectivity index (χ2n) is 7.45. The fourth-order valence-electron chi connectivity index (χ4n) is 2.72. The Kier molecular flexibility index (Phi) is 11.9. The van der Waals surface area contributed by atoms with Gasteiger partial charge in [-0.15, -0.1) is 0 Å². The van der Waals surface area contributed by atoms with Gasteiger partial charge in [0.25, 0.3) is 0 Å². The minimum Gasteiger partial charge on any atom is -0.353 e. The van der Waals surface area contributed by atoms with Crippen molar-refractivity contribution in [2.24, 2.45) is 11.8 Å². The standard InChI is InChI=1S/C20H40O2/c1-17(2)11-8-12-18(3)13-9-14-19(4)15-10-16-20(5,21-6)22-7/h15,17-18H,8-14,16H2,1-7H3/b19-15+. The maximum atomic E-state index is 5.38. The van der Waals surface area contributed by atoms with E-state index in [4.69, 9.17) is 9.47 Å². The molecule has 0 aliphatic carbocycles. The van der Waals surface area contributed by atoms with Gasteiger partial charge in [-0.2, -0.15) is 0 Å². The quantitative estimate of drug-likeness (QED) is 0.291. The molecule has 0 heterocycles. The van der Waals surface area contributed by atoms with E-state index < -0.39 is 5.79 Å². The first-order valence-corrected chi connectivity index (χ1v) is 9.09. The minimum absolute atomic E-state index is 0.443. The molecule has 0 aromatic rings. The fourth-order valence-corrected chi connectivity index (χ4v) is 2.72. The third kappa shape index (κ3) is 11.3. The molecule has 0 amide bonds. The highest BCUT2D eigenvalue weighted by Crippen LogP contribution is 2.21. The van der Waals surface area contributed by atoms with Crippen molar-refractivity contribution < 1.29 is 9.47 Å². The molecule has 0 aliphatic heterocycles. The van der Waals surface area contributed by atoms with Crippen LogP contribution in [0.1, 0.15) is 86.0 Å². The van der Waals surface area contributed by atoms with Gasteiger partial charge in [0.1, 0.15) is 0 Å². The normalized spacial score (nSPS) is 14.6. The van der Waals surface area contributed by atoms with Crippen LogP contribution in [0, 0.1) is 11.8 Å². The predicted octanol–water partition coefficient (Wildman–Crippen LogP) is 6.35. The van der Waals surface area contributed by atoms with Crippen molar-refractivity contribution >= 4 is 0 Å². The van der Waals surface area contributed by atoms with Crippen LogP contribution < -0.4 is 0 Å². The van der Waals surface area contributed by atoms with Gasteiger partial charge in [-0.05, 0) is 44.9 Å². The number of hydrogen-bond acceptors (Lipinski definition) is 2. The van der Waals surface area contributed by atoms with E-state index in [0.717, 1.165) is 24.7 Å². The Labute approximate surface area is 139 Å². The zero-order valence-electron chi connectivity index (χ0n) is 16.2. The molecular formula is C20H40O2. The van der Waals surface area contributed by atoms with Crippen molar-refractivity contribution in [3.63, 3.8) is 0 Å². The lowest BCUT2D eigenvalue weighted by molar-refractivity contribution is -0.196. The van der Waals surface area contributed by atoms with E-state index in [1.54, 1.807) is 14.2 Å². The molecule has 1 unspecified atom stereocenters. The molecule has 2 nitrogen and oxygen atoms in total. The topological polar surface area (TPSA) is 18.5 Å². The third-order valence-electron chi connectivity index (χ3n) is 4.70. The lowest BCUT2D eigenvalue weighted by Crippen LogP contribution is -2.29. The molecule has 2 heteroatoms. The summed E-state index contributed by atoms with van der Waals surface area (Å²) in [5.41, 5.74) is 1.50. The molecule has 0 saturated carbocycles. The lowest BCUT2D eigenvalue weighted by atomic mass is 9.94. The molecule has 0 aromatic carbocycles. The van der Waals surface area contributed by atoms with Crippen LogP contribution in [0.2, 0.25) is 0 Å². The van der Waals surface area contributed by atoms with Crippen LogP contribution >= 0.6 is 0 Å². The molecule has 0 radical (unpaired) electrons. The number of methoxy groups -OCH3 is 2. The SMILES string of the molecule is COC(C)(CC/C=C(\C)CCCC(C)CCCC(C)C)OC. The van der Waals surface area contributed by atoms with Gasteiger partial charge in [0.05, 0.1) is 0 Å². The Bertz CT molecular complexity index is 290. The van der Waals surface area contributed by atoms with E-state index in [0.29, 0.717) is 0 Å². The largest absolute Gasteiger partial charge is 0.353 e. The molecule has 22 heavy (non-hydrogen) atoms. The summed E-state index contributed by atoms with van der Waals surface area (Å²) in [4.78, 5) is 0. The second-order valence-corrected chi connectivity index (χ2v) is 7.45. The summed E-state index contributed by atoms with van der Waals surface area (Å²) in [5.74, 6) is 1.28. The monoisotopic (exact) mass is 312 g/mol. The number of ether oxygens (including phenoxy) is 2. The Morgan fingerprint density at radius 3 is 2.14 bits per heavy atom. The van der Waals surface area contributed by atoms with Crippen molar-refractivity contribution in [3.8, 4) is 0 Å². The van der Waals surface area contributed by atoms with Gasteiger partial charge in [0, 0.05) is 20.6 Å². The molecule has 0 spiro atoms. The Hall–Kier alpha value is -0.340. The number of allylic oxidation sites excluding steroid dienone is 2. The van der Waals surface area contributed by atoms with E-state index in [9.17, 15) is 0 Å². The highest BCUT2D eigenvalue weighted by Gasteiger charge is 2.20. The molecule has 1 atom stereocenters. The van der Waals surface area contributed by atoms with Gasteiger partial charge < -0.3 is 9.47 Å². The summed E-state index contributed by atoms with van der Waals surface area (Å²) in [6, 6.07) is 0. The van der Waals surface area contributed by atoms with Crippen LogP contribution in [0.4, 0.5) is 0 Å². The van der Waals surface area contributed by atoms with E-state index >= 15 is 0 Å². The van der Waals surface area contributed by atoms with Crippen molar-refractivity contribution in [2.45, 2.75) is 91.8 Å². The van der Waals surface area contributed by atoms with E-state index in [2.05, 4.69) is 33.8 Å². The average molecular weight is 313 g/mol. The van der Waals surface area contributed by atoms with Gasteiger partial charge in [-0.1, -0.05) is 58.1 Å².